The molecule has 0 saturated carbocycles. The maximum atomic E-state index is 13.8. The van der Waals surface area contributed by atoms with Crippen LogP contribution in [0.3, 0.4) is 0 Å². The number of nitrogens with zero attached hydrogens (tertiary/aromatic N) is 1. The highest BCUT2D eigenvalue weighted by Gasteiger charge is 2.23. The Kier molecular flexibility index (Phi) is 4.20. The summed E-state index contributed by atoms with van der Waals surface area (Å²) < 4.78 is 14.8. The molecule has 0 atom stereocenters. The summed E-state index contributed by atoms with van der Waals surface area (Å²) in [5.41, 5.74) is 0.403. The fourth-order valence-corrected chi connectivity index (χ4v) is 2.13. The molecule has 2 nitrogen and oxygen atoms in total. The van der Waals surface area contributed by atoms with Crippen LogP contribution in [0.1, 0.15) is 19.4 Å². The second-order valence-electron chi connectivity index (χ2n) is 5.08. The van der Waals surface area contributed by atoms with E-state index in [2.05, 4.69) is 26.2 Å². The standard InChI is InChI=1S/C15H16BrFN2/c1-15(2,12-5-3-4-6-13(12)17)10-19-14-8-7-11(16)9-18-14/h3-9H,10H2,1-2H3,(H,18,19). The predicted octanol–water partition coefficient (Wildman–Crippen LogP) is 4.37. The molecule has 2 rings (SSSR count). The summed E-state index contributed by atoms with van der Waals surface area (Å²) in [7, 11) is 0. The SMILES string of the molecule is CC(C)(CNc1ccc(Br)cn1)c1ccccc1F. The van der Waals surface area contributed by atoms with Gasteiger partial charge in [-0.2, -0.15) is 0 Å². The lowest BCUT2D eigenvalue weighted by Gasteiger charge is -2.26. The van der Waals surface area contributed by atoms with Gasteiger partial charge in [-0.3, -0.25) is 0 Å². The number of hydrogen-bond donors (Lipinski definition) is 1. The van der Waals surface area contributed by atoms with E-state index in [1.54, 1.807) is 12.3 Å². The Balaban J connectivity index is 2.09. The van der Waals surface area contributed by atoms with E-state index in [4.69, 9.17) is 0 Å². The molecule has 0 unspecified atom stereocenters. The normalized spacial score (nSPS) is 11.4. The van der Waals surface area contributed by atoms with Gasteiger partial charge in [0.25, 0.3) is 0 Å². The number of nitrogens with one attached hydrogen (secondary N) is 1. The fourth-order valence-electron chi connectivity index (χ4n) is 1.90. The largest absolute Gasteiger partial charge is 0.369 e. The molecule has 100 valence electrons. The Morgan fingerprint density at radius 3 is 2.58 bits per heavy atom. The molecule has 1 heterocycles. The van der Waals surface area contributed by atoms with Crippen molar-refractivity contribution in [2.24, 2.45) is 0 Å². The Hall–Kier alpha value is -1.42. The lowest BCUT2D eigenvalue weighted by atomic mass is 9.84. The summed E-state index contributed by atoms with van der Waals surface area (Å²) in [5.74, 6) is 0.616. The molecule has 0 fully saturated rings. The van der Waals surface area contributed by atoms with Gasteiger partial charge < -0.3 is 5.32 Å². The molecule has 0 radical (unpaired) electrons. The molecule has 1 aromatic carbocycles. The van der Waals surface area contributed by atoms with E-state index in [9.17, 15) is 4.39 Å². The van der Waals surface area contributed by atoms with Gasteiger partial charge in [-0.25, -0.2) is 9.37 Å². The van der Waals surface area contributed by atoms with Crippen LogP contribution in [-0.4, -0.2) is 11.5 Å². The molecule has 0 aliphatic rings. The molecule has 0 aliphatic carbocycles. The Bertz CT molecular complexity index is 552. The summed E-state index contributed by atoms with van der Waals surface area (Å²) >= 11 is 3.34. The molecule has 0 bridgehead atoms. The number of rotatable bonds is 4. The number of anilines is 1. The highest BCUT2D eigenvalue weighted by atomic mass is 79.9. The van der Waals surface area contributed by atoms with E-state index < -0.39 is 0 Å². The van der Waals surface area contributed by atoms with Gasteiger partial charge in [-0.15, -0.1) is 0 Å². The molecule has 0 aliphatic heterocycles. The quantitative estimate of drug-likeness (QED) is 0.903. The van der Waals surface area contributed by atoms with Crippen LogP contribution in [0, 0.1) is 5.82 Å². The zero-order valence-electron chi connectivity index (χ0n) is 11.0. The van der Waals surface area contributed by atoms with E-state index in [1.807, 2.05) is 38.1 Å². The second-order valence-corrected chi connectivity index (χ2v) is 5.99. The third-order valence-electron chi connectivity index (χ3n) is 3.04. The lowest BCUT2D eigenvalue weighted by molar-refractivity contribution is 0.504. The van der Waals surface area contributed by atoms with Crippen molar-refractivity contribution in [2.45, 2.75) is 19.3 Å². The molecule has 19 heavy (non-hydrogen) atoms. The fraction of sp³-hybridized carbons (Fsp3) is 0.267. The first-order valence-electron chi connectivity index (χ1n) is 6.09. The third-order valence-corrected chi connectivity index (χ3v) is 3.51. The third kappa shape index (κ3) is 3.53. The Morgan fingerprint density at radius 2 is 1.95 bits per heavy atom. The topological polar surface area (TPSA) is 24.9 Å². The number of benzene rings is 1. The van der Waals surface area contributed by atoms with Crippen molar-refractivity contribution in [1.29, 1.82) is 0 Å². The van der Waals surface area contributed by atoms with Crippen molar-refractivity contribution in [1.82, 2.24) is 4.98 Å². The van der Waals surface area contributed by atoms with Gasteiger partial charge >= 0.3 is 0 Å². The predicted molar refractivity (Wildman–Crippen MR) is 79.9 cm³/mol. The minimum atomic E-state index is -0.305. The molecule has 4 heteroatoms. The van der Waals surface area contributed by atoms with Crippen molar-refractivity contribution in [3.05, 3.63) is 58.4 Å². The van der Waals surface area contributed by atoms with Crippen LogP contribution in [-0.2, 0) is 5.41 Å². The molecule has 0 amide bonds. The molecule has 0 spiro atoms. The van der Waals surface area contributed by atoms with Crippen molar-refractivity contribution in [2.75, 3.05) is 11.9 Å². The van der Waals surface area contributed by atoms with Gasteiger partial charge in [0.15, 0.2) is 0 Å². The van der Waals surface area contributed by atoms with E-state index in [0.29, 0.717) is 12.1 Å². The summed E-state index contributed by atoms with van der Waals surface area (Å²) in [4.78, 5) is 4.25. The molecule has 1 aromatic heterocycles. The maximum Gasteiger partial charge on any atom is 0.127 e. The highest BCUT2D eigenvalue weighted by Crippen LogP contribution is 2.26. The van der Waals surface area contributed by atoms with E-state index >= 15 is 0 Å². The summed E-state index contributed by atoms with van der Waals surface area (Å²) in [6.07, 6.45) is 1.73. The lowest BCUT2D eigenvalue weighted by Crippen LogP contribution is -2.29. The van der Waals surface area contributed by atoms with E-state index in [1.165, 1.54) is 6.07 Å². The minimum Gasteiger partial charge on any atom is -0.369 e. The van der Waals surface area contributed by atoms with E-state index in [0.717, 1.165) is 10.3 Å². The van der Waals surface area contributed by atoms with Gasteiger partial charge in [0.1, 0.15) is 11.6 Å². The summed E-state index contributed by atoms with van der Waals surface area (Å²) in [6.45, 7) is 4.64. The van der Waals surface area contributed by atoms with Gasteiger partial charge in [-0.05, 0) is 39.7 Å². The van der Waals surface area contributed by atoms with Gasteiger partial charge in [0.05, 0.1) is 0 Å². The zero-order valence-corrected chi connectivity index (χ0v) is 12.5. The van der Waals surface area contributed by atoms with Crippen LogP contribution in [0.4, 0.5) is 10.2 Å². The first-order valence-corrected chi connectivity index (χ1v) is 6.89. The number of hydrogen-bond acceptors (Lipinski definition) is 2. The monoisotopic (exact) mass is 322 g/mol. The molecular formula is C15H16BrFN2. The van der Waals surface area contributed by atoms with Crippen LogP contribution < -0.4 is 5.32 Å². The highest BCUT2D eigenvalue weighted by molar-refractivity contribution is 9.10. The summed E-state index contributed by atoms with van der Waals surface area (Å²) in [5, 5.41) is 3.24. The van der Waals surface area contributed by atoms with Crippen molar-refractivity contribution < 1.29 is 4.39 Å². The van der Waals surface area contributed by atoms with Crippen LogP contribution in [0.2, 0.25) is 0 Å². The average molecular weight is 323 g/mol. The van der Waals surface area contributed by atoms with Gasteiger partial charge in [0, 0.05) is 22.6 Å². The first-order chi connectivity index (χ1) is 8.99. The van der Waals surface area contributed by atoms with E-state index in [-0.39, 0.29) is 11.2 Å². The Morgan fingerprint density at radius 1 is 1.21 bits per heavy atom. The first kappa shape index (κ1) is 14.0. The number of pyridine rings is 1. The second kappa shape index (κ2) is 5.70. The van der Waals surface area contributed by atoms with Crippen molar-refractivity contribution in [3.63, 3.8) is 0 Å². The molecule has 0 saturated heterocycles. The van der Waals surface area contributed by atoms with Gasteiger partial charge in [-0.1, -0.05) is 32.0 Å². The molecular weight excluding hydrogens is 307 g/mol. The van der Waals surface area contributed by atoms with Crippen molar-refractivity contribution in [3.8, 4) is 0 Å². The number of halogens is 2. The van der Waals surface area contributed by atoms with Crippen LogP contribution in [0.5, 0.6) is 0 Å². The Labute approximate surface area is 121 Å². The van der Waals surface area contributed by atoms with Crippen LogP contribution in [0.25, 0.3) is 0 Å². The maximum absolute atomic E-state index is 13.8. The smallest absolute Gasteiger partial charge is 0.127 e. The average Bonchev–Trinajstić information content (AvgIpc) is 2.38. The van der Waals surface area contributed by atoms with Gasteiger partial charge in [0.2, 0.25) is 0 Å². The minimum absolute atomic E-state index is 0.168. The van der Waals surface area contributed by atoms with Crippen molar-refractivity contribution >= 4 is 21.7 Å². The zero-order chi connectivity index (χ0) is 13.9. The molecule has 1 N–H and O–H groups in total. The molecule has 2 aromatic rings. The summed E-state index contributed by atoms with van der Waals surface area (Å²) in [6, 6.07) is 10.7. The van der Waals surface area contributed by atoms with Crippen LogP contribution in [0.15, 0.2) is 47.1 Å². The number of aromatic nitrogens is 1. The van der Waals surface area contributed by atoms with Crippen LogP contribution >= 0.6 is 15.9 Å².